The standard InChI is InChI=1S/C25H27BrO5/c1-12(2)6-5-9-25(4)16-8-7-13(3)10-14(16)19-21(28)15-11-17(27)20(26)22(29)18(15)23(30)24(19)31-25/h6,10-11,14,16,27,29H,5,7-9H2,1-4H3/t14-,16+,25-/m0/s1. The number of hydrogen-bond acceptors (Lipinski definition) is 5. The number of phenols is 2. The molecule has 3 aliphatic rings. The summed E-state index contributed by atoms with van der Waals surface area (Å²) in [4.78, 5) is 27.0. The number of fused-ring (bicyclic) bond motifs is 3. The molecule has 3 atom stereocenters. The first-order valence-corrected chi connectivity index (χ1v) is 11.4. The number of halogens is 1. The average molecular weight is 487 g/mol. The third-order valence-electron chi connectivity index (χ3n) is 6.78. The second-order valence-corrected chi connectivity index (χ2v) is 10.1. The minimum atomic E-state index is -0.607. The minimum Gasteiger partial charge on any atom is -0.507 e. The second kappa shape index (κ2) is 7.66. The predicted molar refractivity (Wildman–Crippen MR) is 121 cm³/mol. The Bertz CT molecular complexity index is 1090. The highest BCUT2D eigenvalue weighted by atomic mass is 79.9. The molecule has 31 heavy (non-hydrogen) atoms. The molecular formula is C25H27BrO5. The van der Waals surface area contributed by atoms with Gasteiger partial charge in [-0.05, 0) is 75.4 Å². The molecule has 0 saturated heterocycles. The Kier molecular flexibility index (Phi) is 5.41. The van der Waals surface area contributed by atoms with E-state index in [1.54, 1.807) is 0 Å². The number of hydrogen-bond donors (Lipinski definition) is 2. The third kappa shape index (κ3) is 3.45. The maximum atomic E-state index is 13.5. The molecule has 1 aliphatic heterocycles. The van der Waals surface area contributed by atoms with E-state index >= 15 is 0 Å². The first kappa shape index (κ1) is 21.9. The fourth-order valence-electron chi connectivity index (χ4n) is 5.16. The first-order chi connectivity index (χ1) is 14.5. The topological polar surface area (TPSA) is 83.8 Å². The summed E-state index contributed by atoms with van der Waals surface area (Å²) < 4.78 is 6.38. The van der Waals surface area contributed by atoms with Crippen molar-refractivity contribution < 1.29 is 24.5 Å². The molecule has 0 spiro atoms. The van der Waals surface area contributed by atoms with Crippen LogP contribution in [0.4, 0.5) is 0 Å². The molecule has 0 bridgehead atoms. The summed E-state index contributed by atoms with van der Waals surface area (Å²) in [5.41, 5.74) is 2.06. The van der Waals surface area contributed by atoms with Gasteiger partial charge in [0.2, 0.25) is 5.78 Å². The van der Waals surface area contributed by atoms with Gasteiger partial charge >= 0.3 is 0 Å². The van der Waals surface area contributed by atoms with E-state index in [0.717, 1.165) is 25.7 Å². The van der Waals surface area contributed by atoms with Crippen LogP contribution in [0.2, 0.25) is 0 Å². The molecule has 2 N–H and O–H groups in total. The van der Waals surface area contributed by atoms with Crippen LogP contribution in [-0.2, 0) is 4.74 Å². The van der Waals surface area contributed by atoms with Crippen molar-refractivity contribution >= 4 is 27.5 Å². The Labute approximate surface area is 190 Å². The number of benzene rings is 1. The molecule has 1 aromatic carbocycles. The van der Waals surface area contributed by atoms with Gasteiger partial charge < -0.3 is 14.9 Å². The smallest absolute Gasteiger partial charge is 0.232 e. The fourth-order valence-corrected chi connectivity index (χ4v) is 5.47. The van der Waals surface area contributed by atoms with Gasteiger partial charge in [0.05, 0.1) is 11.1 Å². The third-order valence-corrected chi connectivity index (χ3v) is 7.56. The summed E-state index contributed by atoms with van der Waals surface area (Å²) in [7, 11) is 0. The number of ketones is 2. The molecule has 6 heteroatoms. The summed E-state index contributed by atoms with van der Waals surface area (Å²) >= 11 is 3.09. The lowest BCUT2D eigenvalue weighted by molar-refractivity contribution is -0.0682. The van der Waals surface area contributed by atoms with Gasteiger partial charge in [-0.2, -0.15) is 0 Å². The largest absolute Gasteiger partial charge is 0.507 e. The molecule has 164 valence electrons. The van der Waals surface area contributed by atoms with Crippen LogP contribution in [0.1, 0.15) is 74.1 Å². The van der Waals surface area contributed by atoms with Crippen molar-refractivity contribution in [1.82, 2.24) is 0 Å². The molecule has 0 saturated carbocycles. The van der Waals surface area contributed by atoms with Gasteiger partial charge in [-0.3, -0.25) is 9.59 Å². The monoisotopic (exact) mass is 486 g/mol. The molecule has 5 nitrogen and oxygen atoms in total. The van der Waals surface area contributed by atoms with Crippen LogP contribution in [0.15, 0.2) is 45.2 Å². The zero-order chi connectivity index (χ0) is 22.7. The Balaban J connectivity index is 1.87. The van der Waals surface area contributed by atoms with E-state index in [4.69, 9.17) is 4.74 Å². The highest BCUT2D eigenvalue weighted by molar-refractivity contribution is 9.10. The van der Waals surface area contributed by atoms with E-state index in [-0.39, 0.29) is 44.7 Å². The molecule has 0 fully saturated rings. The minimum absolute atomic E-state index is 0.00939. The molecule has 0 radical (unpaired) electrons. The fraction of sp³-hybridized carbons (Fsp3) is 0.440. The first-order valence-electron chi connectivity index (χ1n) is 10.6. The van der Waals surface area contributed by atoms with Crippen LogP contribution in [0, 0.1) is 11.8 Å². The van der Waals surface area contributed by atoms with E-state index in [1.165, 1.54) is 17.2 Å². The van der Waals surface area contributed by atoms with Crippen molar-refractivity contribution in [3.8, 4) is 11.5 Å². The van der Waals surface area contributed by atoms with Crippen molar-refractivity contribution in [2.24, 2.45) is 11.8 Å². The predicted octanol–water partition coefficient (Wildman–Crippen LogP) is 6.00. The summed E-state index contributed by atoms with van der Waals surface area (Å²) in [6.45, 7) is 8.18. The Morgan fingerprint density at radius 3 is 2.68 bits per heavy atom. The Morgan fingerprint density at radius 2 is 2.00 bits per heavy atom. The Hall–Kier alpha value is -2.34. The zero-order valence-corrected chi connectivity index (χ0v) is 19.8. The number of aromatic hydroxyl groups is 2. The number of rotatable bonds is 3. The van der Waals surface area contributed by atoms with E-state index in [2.05, 4.69) is 41.9 Å². The maximum absolute atomic E-state index is 13.5. The van der Waals surface area contributed by atoms with Crippen LogP contribution in [0.25, 0.3) is 0 Å². The summed E-state index contributed by atoms with van der Waals surface area (Å²) in [5.74, 6) is -1.72. The lowest BCUT2D eigenvalue weighted by Gasteiger charge is -2.49. The molecule has 1 heterocycles. The van der Waals surface area contributed by atoms with Gasteiger partial charge in [-0.15, -0.1) is 0 Å². The van der Waals surface area contributed by atoms with Crippen LogP contribution in [-0.4, -0.2) is 27.4 Å². The molecule has 4 rings (SSSR count). The second-order valence-electron chi connectivity index (χ2n) is 9.30. The molecule has 2 aliphatic carbocycles. The lowest BCUT2D eigenvalue weighted by Crippen LogP contribution is -2.50. The van der Waals surface area contributed by atoms with Gasteiger partial charge in [0, 0.05) is 17.4 Å². The Morgan fingerprint density at radius 1 is 1.29 bits per heavy atom. The SMILES string of the molecule is CC(C)=CCC[C@]1(C)OC2=C(C(=O)c3cc(O)c(Br)c(O)c3C2=O)[C@H]2C=C(C)CC[C@H]21. The molecule has 1 aromatic rings. The maximum Gasteiger partial charge on any atom is 0.232 e. The number of ether oxygens (including phenoxy) is 1. The molecule has 0 unspecified atom stereocenters. The van der Waals surface area contributed by atoms with Crippen LogP contribution in [0.5, 0.6) is 11.5 Å². The number of allylic oxidation sites excluding steroid dienone is 6. The lowest BCUT2D eigenvalue weighted by atomic mass is 9.63. The van der Waals surface area contributed by atoms with Crippen molar-refractivity contribution in [3.63, 3.8) is 0 Å². The summed E-state index contributed by atoms with van der Waals surface area (Å²) in [5, 5.41) is 20.7. The molecule has 0 aromatic heterocycles. The molecule has 0 amide bonds. The quantitative estimate of drug-likeness (QED) is 0.511. The normalized spacial score (nSPS) is 27.1. The zero-order valence-electron chi connectivity index (χ0n) is 18.2. The van der Waals surface area contributed by atoms with Crippen molar-refractivity contribution in [3.05, 3.63) is 56.3 Å². The van der Waals surface area contributed by atoms with E-state index in [1.807, 2.05) is 13.8 Å². The van der Waals surface area contributed by atoms with Gasteiger partial charge in [-0.1, -0.05) is 23.3 Å². The van der Waals surface area contributed by atoms with E-state index in [9.17, 15) is 19.8 Å². The summed E-state index contributed by atoms with van der Waals surface area (Å²) in [6.07, 6.45) is 7.60. The van der Waals surface area contributed by atoms with Crippen LogP contribution < -0.4 is 0 Å². The van der Waals surface area contributed by atoms with Gasteiger partial charge in [-0.25, -0.2) is 0 Å². The number of carbonyl (C=O) groups excluding carboxylic acids is 2. The highest BCUT2D eigenvalue weighted by Gasteiger charge is 2.53. The summed E-state index contributed by atoms with van der Waals surface area (Å²) in [6, 6.07) is 1.25. The van der Waals surface area contributed by atoms with Crippen molar-refractivity contribution in [1.29, 1.82) is 0 Å². The van der Waals surface area contributed by atoms with Gasteiger partial charge in [0.15, 0.2) is 11.5 Å². The van der Waals surface area contributed by atoms with Crippen molar-refractivity contribution in [2.75, 3.05) is 0 Å². The number of Topliss-reactive ketones (excluding diaryl/α,β-unsaturated/α-hetero) is 2. The van der Waals surface area contributed by atoms with Crippen molar-refractivity contribution in [2.45, 2.75) is 59.0 Å². The number of phenolic OH excluding ortho intramolecular Hbond substituents is 2. The molecular weight excluding hydrogens is 460 g/mol. The van der Waals surface area contributed by atoms with E-state index in [0.29, 0.717) is 5.57 Å². The van der Waals surface area contributed by atoms with Gasteiger partial charge in [0.25, 0.3) is 0 Å². The highest BCUT2D eigenvalue weighted by Crippen LogP contribution is 2.53. The van der Waals surface area contributed by atoms with Crippen LogP contribution >= 0.6 is 15.9 Å². The van der Waals surface area contributed by atoms with Crippen LogP contribution in [0.3, 0.4) is 0 Å². The number of carbonyl (C=O) groups is 2. The average Bonchev–Trinajstić information content (AvgIpc) is 2.69. The van der Waals surface area contributed by atoms with E-state index < -0.39 is 17.1 Å². The van der Waals surface area contributed by atoms with Gasteiger partial charge in [0.1, 0.15) is 21.6 Å².